The van der Waals surface area contributed by atoms with E-state index in [0.29, 0.717) is 0 Å². The van der Waals surface area contributed by atoms with Crippen LogP contribution >= 0.6 is 0 Å². The topological polar surface area (TPSA) is 0 Å². The molecule has 2 aromatic rings. The average molecular weight is 353 g/mol. The third-order valence-electron chi connectivity index (χ3n) is 5.68. The molecule has 0 bridgehead atoms. The molecule has 0 aliphatic carbocycles. The molecule has 0 saturated heterocycles. The van der Waals surface area contributed by atoms with E-state index in [1.54, 1.807) is 0 Å². The molecule has 0 aliphatic heterocycles. The summed E-state index contributed by atoms with van der Waals surface area (Å²) in [4.78, 5) is 0. The number of rotatable bonds is 15. The smallest absolute Gasteiger partial charge is 0.0152 e. The fraction of sp³-hybridized carbons (Fsp3) is 0.615. The Bertz CT molecular complexity index is 578. The molecule has 0 spiro atoms. The van der Waals surface area contributed by atoms with Crippen LogP contribution < -0.4 is 0 Å². The molecule has 0 heteroatoms. The van der Waals surface area contributed by atoms with Gasteiger partial charge in [0, 0.05) is 0 Å². The Kier molecular flexibility index (Phi) is 11.2. The molecule has 144 valence electrons. The van der Waals surface area contributed by atoms with Gasteiger partial charge in [0.05, 0.1) is 0 Å². The van der Waals surface area contributed by atoms with E-state index >= 15 is 0 Å². The molecule has 0 N–H and O–H groups in total. The molecule has 2 aromatic carbocycles. The minimum atomic E-state index is 1.24. The summed E-state index contributed by atoms with van der Waals surface area (Å²) in [6, 6.07) is 15.5. The second-order valence-corrected chi connectivity index (χ2v) is 7.98. The van der Waals surface area contributed by atoms with Gasteiger partial charge in [0.25, 0.3) is 0 Å². The molecule has 0 aliphatic rings. The summed E-state index contributed by atoms with van der Waals surface area (Å²) in [5.41, 5.74) is 1.53. The molecule has 0 unspecified atom stereocenters. The number of hydrogen-bond acceptors (Lipinski definition) is 0. The van der Waals surface area contributed by atoms with Gasteiger partial charge in [-0.1, -0.05) is 133 Å². The fourth-order valence-electron chi connectivity index (χ4n) is 4.02. The first-order valence-electron chi connectivity index (χ1n) is 11.4. The summed E-state index contributed by atoms with van der Waals surface area (Å²) in [6.45, 7) is 2.30. The van der Waals surface area contributed by atoms with Gasteiger partial charge in [0.15, 0.2) is 0 Å². The number of hydrogen-bond donors (Lipinski definition) is 0. The van der Waals surface area contributed by atoms with Crippen molar-refractivity contribution in [2.45, 2.75) is 103 Å². The van der Waals surface area contributed by atoms with E-state index in [4.69, 9.17) is 0 Å². The van der Waals surface area contributed by atoms with Gasteiger partial charge in [0.1, 0.15) is 0 Å². The number of aryl methyl sites for hydroxylation is 1. The Hall–Kier alpha value is -1.30. The van der Waals surface area contributed by atoms with E-state index in [-0.39, 0.29) is 0 Å². The van der Waals surface area contributed by atoms with Crippen LogP contribution in [0, 0.1) is 0 Å². The van der Waals surface area contributed by atoms with Crippen LogP contribution in [-0.2, 0) is 6.42 Å². The van der Waals surface area contributed by atoms with Gasteiger partial charge in [-0.2, -0.15) is 0 Å². The highest BCUT2D eigenvalue weighted by molar-refractivity contribution is 5.85. The molecular formula is C26H40. The minimum Gasteiger partial charge on any atom is -0.0654 e. The monoisotopic (exact) mass is 352 g/mol. The highest BCUT2D eigenvalue weighted by atomic mass is 14.1. The van der Waals surface area contributed by atoms with Crippen molar-refractivity contribution in [1.29, 1.82) is 0 Å². The van der Waals surface area contributed by atoms with E-state index in [9.17, 15) is 0 Å². The average Bonchev–Trinajstić information content (AvgIpc) is 2.68. The van der Waals surface area contributed by atoms with Gasteiger partial charge >= 0.3 is 0 Å². The zero-order valence-electron chi connectivity index (χ0n) is 17.1. The first-order valence-corrected chi connectivity index (χ1v) is 11.4. The molecule has 0 aromatic heterocycles. The number of unbranched alkanes of at least 4 members (excludes halogenated alkanes) is 13. The van der Waals surface area contributed by atoms with E-state index < -0.39 is 0 Å². The van der Waals surface area contributed by atoms with Crippen LogP contribution in [-0.4, -0.2) is 0 Å². The normalized spacial score (nSPS) is 11.3. The van der Waals surface area contributed by atoms with Crippen LogP contribution in [0.4, 0.5) is 0 Å². The molecule has 2 rings (SSSR count). The van der Waals surface area contributed by atoms with Gasteiger partial charge in [-0.05, 0) is 29.2 Å². The highest BCUT2D eigenvalue weighted by Crippen LogP contribution is 2.21. The number of benzene rings is 2. The summed E-state index contributed by atoms with van der Waals surface area (Å²) < 4.78 is 0. The van der Waals surface area contributed by atoms with Crippen LogP contribution in [0.15, 0.2) is 42.5 Å². The van der Waals surface area contributed by atoms with Gasteiger partial charge in [-0.15, -0.1) is 0 Å². The van der Waals surface area contributed by atoms with Crippen LogP contribution in [0.1, 0.15) is 102 Å². The van der Waals surface area contributed by atoms with Crippen molar-refractivity contribution < 1.29 is 0 Å². The first kappa shape index (κ1) is 21.0. The summed E-state index contributed by atoms with van der Waals surface area (Å²) in [6.07, 6.45) is 21.3. The third-order valence-corrected chi connectivity index (χ3v) is 5.68. The van der Waals surface area contributed by atoms with Crippen molar-refractivity contribution in [3.05, 3.63) is 48.0 Å². The summed E-state index contributed by atoms with van der Waals surface area (Å²) >= 11 is 0. The van der Waals surface area contributed by atoms with E-state index in [1.807, 2.05) is 0 Å². The van der Waals surface area contributed by atoms with Crippen molar-refractivity contribution in [3.8, 4) is 0 Å². The zero-order chi connectivity index (χ0) is 18.3. The van der Waals surface area contributed by atoms with E-state index in [0.717, 1.165) is 0 Å². The predicted molar refractivity (Wildman–Crippen MR) is 118 cm³/mol. The standard InChI is InChI=1S/C26H40/c1-2-3-4-5-6-7-8-9-10-11-12-13-14-15-19-24-21-18-22-25-20-16-17-23-26(24)25/h16-18,20-23H,2-15,19H2,1H3. The molecule has 0 saturated carbocycles. The Morgan fingerprint density at radius 1 is 0.500 bits per heavy atom. The molecule has 0 atom stereocenters. The van der Waals surface area contributed by atoms with Crippen LogP contribution in [0.25, 0.3) is 10.8 Å². The van der Waals surface area contributed by atoms with Crippen LogP contribution in [0.5, 0.6) is 0 Å². The maximum Gasteiger partial charge on any atom is -0.0152 e. The lowest BCUT2D eigenvalue weighted by Crippen LogP contribution is -1.88. The Morgan fingerprint density at radius 2 is 1.00 bits per heavy atom. The molecule has 0 nitrogen and oxygen atoms in total. The van der Waals surface area contributed by atoms with Crippen LogP contribution in [0.3, 0.4) is 0 Å². The summed E-state index contributed by atoms with van der Waals surface area (Å²) in [7, 11) is 0. The largest absolute Gasteiger partial charge is 0.0654 e. The zero-order valence-corrected chi connectivity index (χ0v) is 17.1. The summed E-state index contributed by atoms with van der Waals surface area (Å²) in [5.74, 6) is 0. The Morgan fingerprint density at radius 3 is 1.62 bits per heavy atom. The lowest BCUT2D eigenvalue weighted by Gasteiger charge is -2.07. The van der Waals surface area contributed by atoms with Crippen molar-refractivity contribution in [3.63, 3.8) is 0 Å². The van der Waals surface area contributed by atoms with Gasteiger partial charge < -0.3 is 0 Å². The third kappa shape index (κ3) is 8.39. The molecular weight excluding hydrogens is 312 g/mol. The van der Waals surface area contributed by atoms with Crippen molar-refractivity contribution in [1.82, 2.24) is 0 Å². The van der Waals surface area contributed by atoms with Gasteiger partial charge in [-0.3, -0.25) is 0 Å². The molecule has 0 radical (unpaired) electrons. The Labute approximate surface area is 162 Å². The molecule has 0 heterocycles. The Balaban J connectivity index is 1.43. The molecule has 26 heavy (non-hydrogen) atoms. The highest BCUT2D eigenvalue weighted by Gasteiger charge is 2.00. The lowest BCUT2D eigenvalue weighted by atomic mass is 9.99. The van der Waals surface area contributed by atoms with Crippen molar-refractivity contribution >= 4 is 10.8 Å². The maximum atomic E-state index is 2.31. The second kappa shape index (κ2) is 13.8. The lowest BCUT2D eigenvalue weighted by molar-refractivity contribution is 0.535. The quantitative estimate of drug-likeness (QED) is 0.281. The van der Waals surface area contributed by atoms with Crippen molar-refractivity contribution in [2.24, 2.45) is 0 Å². The number of fused-ring (bicyclic) bond motifs is 1. The van der Waals surface area contributed by atoms with E-state index in [2.05, 4.69) is 49.4 Å². The van der Waals surface area contributed by atoms with Gasteiger partial charge in [-0.25, -0.2) is 0 Å². The molecule has 0 amide bonds. The SMILES string of the molecule is CCCCCCCCCCCCCCCCc1cccc2ccccc12. The van der Waals surface area contributed by atoms with E-state index in [1.165, 1.54) is 113 Å². The second-order valence-electron chi connectivity index (χ2n) is 7.98. The maximum absolute atomic E-state index is 2.31. The fourth-order valence-corrected chi connectivity index (χ4v) is 4.02. The minimum absolute atomic E-state index is 1.24. The predicted octanol–water partition coefficient (Wildman–Crippen LogP) is 8.86. The summed E-state index contributed by atoms with van der Waals surface area (Å²) in [5, 5.41) is 2.83. The molecule has 0 fully saturated rings. The van der Waals surface area contributed by atoms with Crippen LogP contribution in [0.2, 0.25) is 0 Å². The van der Waals surface area contributed by atoms with Gasteiger partial charge in [0.2, 0.25) is 0 Å². The first-order chi connectivity index (χ1) is 12.9. The van der Waals surface area contributed by atoms with Crippen molar-refractivity contribution in [2.75, 3.05) is 0 Å².